The Kier molecular flexibility index (Phi) is 4.10. The SMILES string of the molecule is C=CCN1C(=O)c2oc3ccccc3c(=O)c2C1c1ccc(Cl)c(Cl)c1. The summed E-state index contributed by atoms with van der Waals surface area (Å²) in [5, 5.41) is 1.19. The number of carbonyl (C=O) groups is 1. The molecule has 4 nitrogen and oxygen atoms in total. The molecule has 2 aromatic carbocycles. The van der Waals surface area contributed by atoms with Crippen LogP contribution in [-0.2, 0) is 0 Å². The van der Waals surface area contributed by atoms with E-state index in [-0.39, 0.29) is 23.6 Å². The van der Waals surface area contributed by atoms with Crippen LogP contribution in [0.1, 0.15) is 27.7 Å². The summed E-state index contributed by atoms with van der Waals surface area (Å²) in [6.07, 6.45) is 1.61. The predicted molar refractivity (Wildman–Crippen MR) is 102 cm³/mol. The number of nitrogens with zero attached hydrogens (tertiary/aromatic N) is 1. The third kappa shape index (κ3) is 2.45. The highest BCUT2D eigenvalue weighted by Crippen LogP contribution is 2.39. The van der Waals surface area contributed by atoms with Crippen molar-refractivity contribution in [3.05, 3.63) is 92.3 Å². The minimum atomic E-state index is -0.605. The van der Waals surface area contributed by atoms with E-state index < -0.39 is 6.04 Å². The van der Waals surface area contributed by atoms with Crippen LogP contribution in [0.4, 0.5) is 0 Å². The maximum Gasteiger partial charge on any atom is 0.291 e. The zero-order valence-corrected chi connectivity index (χ0v) is 15.1. The smallest absolute Gasteiger partial charge is 0.291 e. The van der Waals surface area contributed by atoms with Gasteiger partial charge in [0, 0.05) is 6.54 Å². The van der Waals surface area contributed by atoms with Crippen molar-refractivity contribution in [2.75, 3.05) is 6.54 Å². The summed E-state index contributed by atoms with van der Waals surface area (Å²) in [5.74, 6) is -0.287. The van der Waals surface area contributed by atoms with Gasteiger partial charge >= 0.3 is 0 Å². The van der Waals surface area contributed by atoms with Crippen molar-refractivity contribution in [1.29, 1.82) is 0 Å². The lowest BCUT2D eigenvalue weighted by atomic mass is 9.98. The predicted octanol–water partition coefficient (Wildman–Crippen LogP) is 4.83. The minimum absolute atomic E-state index is 0.0617. The highest BCUT2D eigenvalue weighted by Gasteiger charge is 2.42. The largest absolute Gasteiger partial charge is 0.450 e. The van der Waals surface area contributed by atoms with Crippen LogP contribution in [0, 0.1) is 0 Å². The van der Waals surface area contributed by atoms with Gasteiger partial charge < -0.3 is 9.32 Å². The molecule has 3 aromatic rings. The monoisotopic (exact) mass is 385 g/mol. The van der Waals surface area contributed by atoms with Gasteiger partial charge in [0.1, 0.15) is 5.58 Å². The van der Waals surface area contributed by atoms with Crippen LogP contribution >= 0.6 is 23.2 Å². The van der Waals surface area contributed by atoms with E-state index in [1.165, 1.54) is 0 Å². The average Bonchev–Trinajstić information content (AvgIpc) is 2.91. The Hall–Kier alpha value is -2.56. The molecule has 1 atom stereocenters. The highest BCUT2D eigenvalue weighted by atomic mass is 35.5. The van der Waals surface area contributed by atoms with Crippen LogP contribution in [0.5, 0.6) is 0 Å². The summed E-state index contributed by atoms with van der Waals surface area (Å²) in [4.78, 5) is 27.6. The van der Waals surface area contributed by atoms with Gasteiger partial charge in [0.15, 0.2) is 5.43 Å². The summed E-state index contributed by atoms with van der Waals surface area (Å²) in [5.41, 5.74) is 1.17. The van der Waals surface area contributed by atoms with E-state index in [1.807, 2.05) is 0 Å². The van der Waals surface area contributed by atoms with Crippen molar-refractivity contribution in [2.45, 2.75) is 6.04 Å². The van der Waals surface area contributed by atoms with Crippen molar-refractivity contribution in [1.82, 2.24) is 4.90 Å². The van der Waals surface area contributed by atoms with E-state index in [9.17, 15) is 9.59 Å². The summed E-state index contributed by atoms with van der Waals surface area (Å²) >= 11 is 12.2. The van der Waals surface area contributed by atoms with Crippen molar-refractivity contribution >= 4 is 40.1 Å². The fourth-order valence-corrected chi connectivity index (χ4v) is 3.63. The highest BCUT2D eigenvalue weighted by molar-refractivity contribution is 6.42. The van der Waals surface area contributed by atoms with Gasteiger partial charge in [-0.2, -0.15) is 0 Å². The van der Waals surface area contributed by atoms with Crippen LogP contribution in [0.3, 0.4) is 0 Å². The van der Waals surface area contributed by atoms with Gasteiger partial charge in [-0.15, -0.1) is 6.58 Å². The summed E-state index contributed by atoms with van der Waals surface area (Å²) < 4.78 is 5.80. The molecule has 1 aliphatic heterocycles. The number of fused-ring (bicyclic) bond motifs is 2. The number of amides is 1. The van der Waals surface area contributed by atoms with Gasteiger partial charge in [-0.05, 0) is 29.8 Å². The molecule has 0 N–H and O–H groups in total. The number of hydrogen-bond donors (Lipinski definition) is 0. The van der Waals surface area contributed by atoms with E-state index in [2.05, 4.69) is 6.58 Å². The molecular weight excluding hydrogens is 373 g/mol. The van der Waals surface area contributed by atoms with Gasteiger partial charge in [-0.3, -0.25) is 9.59 Å². The third-order valence-corrected chi connectivity index (χ3v) is 5.20. The fraction of sp³-hybridized carbons (Fsp3) is 0.100. The lowest BCUT2D eigenvalue weighted by Crippen LogP contribution is -2.29. The molecule has 0 fully saturated rings. The van der Waals surface area contributed by atoms with Gasteiger partial charge in [-0.1, -0.05) is 47.5 Å². The molecule has 2 heterocycles. The second kappa shape index (κ2) is 6.31. The molecule has 130 valence electrons. The summed E-state index contributed by atoms with van der Waals surface area (Å²) in [7, 11) is 0. The average molecular weight is 386 g/mol. The van der Waals surface area contributed by atoms with Crippen LogP contribution in [-0.4, -0.2) is 17.4 Å². The molecule has 0 aliphatic carbocycles. The molecule has 6 heteroatoms. The number of rotatable bonds is 3. The topological polar surface area (TPSA) is 50.5 Å². The second-order valence-corrected chi connectivity index (χ2v) is 6.81. The maximum absolute atomic E-state index is 13.1. The Morgan fingerprint density at radius 1 is 1.12 bits per heavy atom. The van der Waals surface area contributed by atoms with Crippen molar-refractivity contribution in [3.8, 4) is 0 Å². The Morgan fingerprint density at radius 3 is 2.62 bits per heavy atom. The van der Waals surface area contributed by atoms with Gasteiger partial charge in [-0.25, -0.2) is 0 Å². The Balaban J connectivity index is 2.02. The van der Waals surface area contributed by atoms with Crippen molar-refractivity contribution in [2.24, 2.45) is 0 Å². The molecule has 4 rings (SSSR count). The third-order valence-electron chi connectivity index (χ3n) is 4.46. The lowest BCUT2D eigenvalue weighted by Gasteiger charge is -2.24. The molecular formula is C20H13Cl2NO3. The second-order valence-electron chi connectivity index (χ2n) is 5.99. The minimum Gasteiger partial charge on any atom is -0.450 e. The van der Waals surface area contributed by atoms with Crippen LogP contribution in [0.25, 0.3) is 11.0 Å². The zero-order valence-electron chi connectivity index (χ0n) is 13.5. The molecule has 0 bridgehead atoms. The molecule has 1 aliphatic rings. The van der Waals surface area contributed by atoms with E-state index in [4.69, 9.17) is 27.6 Å². The van der Waals surface area contributed by atoms with E-state index >= 15 is 0 Å². The molecule has 0 saturated heterocycles. The number of para-hydroxylation sites is 1. The molecule has 1 unspecified atom stereocenters. The van der Waals surface area contributed by atoms with Gasteiger partial charge in [0.05, 0.1) is 27.0 Å². The molecule has 0 spiro atoms. The number of carbonyl (C=O) groups excluding carboxylic acids is 1. The van der Waals surface area contributed by atoms with E-state index in [0.717, 1.165) is 0 Å². The molecule has 1 aromatic heterocycles. The van der Waals surface area contributed by atoms with E-state index in [0.29, 0.717) is 32.1 Å². The molecule has 1 amide bonds. The maximum atomic E-state index is 13.1. The molecule has 0 radical (unpaired) electrons. The standard InChI is InChI=1S/C20H13Cl2NO3/c1-2-9-23-17(11-7-8-13(21)14(22)10-11)16-18(24)12-5-3-4-6-15(12)26-19(16)20(23)25/h2-8,10,17H,1,9H2. The Morgan fingerprint density at radius 2 is 1.88 bits per heavy atom. The van der Waals surface area contributed by atoms with Crippen molar-refractivity contribution in [3.63, 3.8) is 0 Å². The number of halogens is 2. The quantitative estimate of drug-likeness (QED) is 0.606. The molecule has 0 saturated carbocycles. The Labute approximate surface area is 159 Å². The number of benzene rings is 2. The Bertz CT molecular complexity index is 1120. The first kappa shape index (κ1) is 16.9. The zero-order chi connectivity index (χ0) is 18.4. The van der Waals surface area contributed by atoms with Gasteiger partial charge in [0.2, 0.25) is 5.76 Å². The summed E-state index contributed by atoms with van der Waals surface area (Å²) in [6.45, 7) is 3.98. The van der Waals surface area contributed by atoms with Crippen LogP contribution < -0.4 is 5.43 Å². The van der Waals surface area contributed by atoms with Crippen molar-refractivity contribution < 1.29 is 9.21 Å². The molecule has 26 heavy (non-hydrogen) atoms. The normalized spacial score (nSPS) is 16.2. The first-order valence-electron chi connectivity index (χ1n) is 7.95. The number of hydrogen-bond acceptors (Lipinski definition) is 3. The fourth-order valence-electron chi connectivity index (χ4n) is 3.32. The lowest BCUT2D eigenvalue weighted by molar-refractivity contribution is 0.0748. The summed E-state index contributed by atoms with van der Waals surface area (Å²) in [6, 6.07) is 11.4. The van der Waals surface area contributed by atoms with E-state index in [1.54, 1.807) is 53.4 Å². The van der Waals surface area contributed by atoms with Gasteiger partial charge in [0.25, 0.3) is 5.91 Å². The van der Waals surface area contributed by atoms with Crippen LogP contribution in [0.2, 0.25) is 10.0 Å². The first-order valence-corrected chi connectivity index (χ1v) is 8.71. The first-order chi connectivity index (χ1) is 12.5. The van der Waals surface area contributed by atoms with Crippen LogP contribution in [0.15, 0.2) is 64.3 Å².